The molecule has 0 bridgehead atoms. The van der Waals surface area contributed by atoms with Crippen molar-refractivity contribution in [2.75, 3.05) is 5.32 Å². The molecule has 0 fully saturated rings. The lowest BCUT2D eigenvalue weighted by molar-refractivity contribution is 0.592. The molecule has 0 radical (unpaired) electrons. The van der Waals surface area contributed by atoms with Crippen LogP contribution in [0, 0.1) is 0 Å². The van der Waals surface area contributed by atoms with Crippen LogP contribution in [0.5, 0.6) is 0 Å². The largest absolute Gasteiger partial charge is 0.367 e. The summed E-state index contributed by atoms with van der Waals surface area (Å²) in [5.74, 6) is 0.945. The highest BCUT2D eigenvalue weighted by atomic mass is 32.2. The summed E-state index contributed by atoms with van der Waals surface area (Å²) in [4.78, 5) is 4.82. The molecule has 30 heavy (non-hydrogen) atoms. The van der Waals surface area contributed by atoms with Gasteiger partial charge in [-0.1, -0.05) is 50.3 Å². The number of rotatable bonds is 6. The van der Waals surface area contributed by atoms with Crippen molar-refractivity contribution < 1.29 is 8.42 Å². The van der Waals surface area contributed by atoms with Gasteiger partial charge in [-0.05, 0) is 49.1 Å². The molecular formula is C22H25N5O2S. The SMILES string of the molecule is CC[C@@H](C)Nc1nc2c(S(=O)(=O)c3ccc(C(C)C)cc3)nnn2c2ccccc12. The number of para-hydroxylation sites is 1. The van der Waals surface area contributed by atoms with Crippen LogP contribution >= 0.6 is 0 Å². The summed E-state index contributed by atoms with van der Waals surface area (Å²) >= 11 is 0. The lowest BCUT2D eigenvalue weighted by atomic mass is 10.0. The van der Waals surface area contributed by atoms with Crippen molar-refractivity contribution in [3.8, 4) is 0 Å². The van der Waals surface area contributed by atoms with E-state index in [1.165, 1.54) is 4.52 Å². The molecule has 2 heterocycles. The zero-order valence-corrected chi connectivity index (χ0v) is 18.3. The van der Waals surface area contributed by atoms with E-state index in [2.05, 4.69) is 48.3 Å². The van der Waals surface area contributed by atoms with E-state index in [0.29, 0.717) is 11.7 Å². The van der Waals surface area contributed by atoms with Crippen LogP contribution in [0.1, 0.15) is 45.6 Å². The van der Waals surface area contributed by atoms with E-state index in [-0.39, 0.29) is 21.6 Å². The van der Waals surface area contributed by atoms with Gasteiger partial charge in [0.1, 0.15) is 5.82 Å². The quantitative estimate of drug-likeness (QED) is 0.493. The number of hydrogen-bond acceptors (Lipinski definition) is 6. The van der Waals surface area contributed by atoms with Crippen molar-refractivity contribution in [1.29, 1.82) is 0 Å². The van der Waals surface area contributed by atoms with Gasteiger partial charge < -0.3 is 5.32 Å². The minimum Gasteiger partial charge on any atom is -0.367 e. The molecule has 0 amide bonds. The first-order valence-corrected chi connectivity index (χ1v) is 11.6. The normalized spacial score (nSPS) is 13.2. The topological polar surface area (TPSA) is 89.2 Å². The summed E-state index contributed by atoms with van der Waals surface area (Å²) in [7, 11) is -3.87. The molecule has 0 unspecified atom stereocenters. The molecule has 8 heteroatoms. The first kappa shape index (κ1) is 20.3. The lowest BCUT2D eigenvalue weighted by Gasteiger charge is -2.15. The van der Waals surface area contributed by atoms with Crippen LogP contribution < -0.4 is 5.32 Å². The van der Waals surface area contributed by atoms with Crippen LogP contribution in [0.3, 0.4) is 0 Å². The number of anilines is 1. The first-order valence-electron chi connectivity index (χ1n) is 10.1. The monoisotopic (exact) mass is 423 g/mol. The van der Waals surface area contributed by atoms with Gasteiger partial charge in [0, 0.05) is 11.4 Å². The van der Waals surface area contributed by atoms with Gasteiger partial charge in [-0.2, -0.15) is 4.52 Å². The molecule has 7 nitrogen and oxygen atoms in total. The predicted octanol–water partition coefficient (Wildman–Crippen LogP) is 4.44. The fourth-order valence-electron chi connectivity index (χ4n) is 3.31. The van der Waals surface area contributed by atoms with Crippen LogP contribution in [-0.2, 0) is 9.84 Å². The van der Waals surface area contributed by atoms with Crippen molar-refractivity contribution in [2.24, 2.45) is 0 Å². The molecule has 0 aliphatic heterocycles. The van der Waals surface area contributed by atoms with Crippen molar-refractivity contribution in [2.45, 2.75) is 56.0 Å². The Hall–Kier alpha value is -3.00. The molecule has 4 aromatic rings. The molecular weight excluding hydrogens is 398 g/mol. The molecule has 1 N–H and O–H groups in total. The Morgan fingerprint density at radius 2 is 1.73 bits per heavy atom. The number of aromatic nitrogens is 4. The Bertz CT molecular complexity index is 1310. The number of benzene rings is 2. The van der Waals surface area contributed by atoms with Gasteiger partial charge in [0.15, 0.2) is 5.65 Å². The number of nitrogens with one attached hydrogen (secondary N) is 1. The molecule has 156 valence electrons. The Labute approximate surface area is 176 Å². The van der Waals surface area contributed by atoms with Crippen molar-refractivity contribution in [3.05, 3.63) is 54.1 Å². The Morgan fingerprint density at radius 1 is 1.03 bits per heavy atom. The van der Waals surface area contributed by atoms with Gasteiger partial charge in [0.25, 0.3) is 0 Å². The van der Waals surface area contributed by atoms with Gasteiger partial charge in [0.2, 0.25) is 14.9 Å². The van der Waals surface area contributed by atoms with Gasteiger partial charge in [-0.25, -0.2) is 13.4 Å². The van der Waals surface area contributed by atoms with Gasteiger partial charge in [-0.3, -0.25) is 0 Å². The van der Waals surface area contributed by atoms with Gasteiger partial charge >= 0.3 is 0 Å². The molecule has 0 saturated carbocycles. The van der Waals surface area contributed by atoms with Crippen LogP contribution in [0.25, 0.3) is 16.6 Å². The average molecular weight is 424 g/mol. The third kappa shape index (κ3) is 3.41. The summed E-state index contributed by atoms with van der Waals surface area (Å²) in [6.07, 6.45) is 0.909. The lowest BCUT2D eigenvalue weighted by Crippen LogP contribution is -2.15. The van der Waals surface area contributed by atoms with Crippen LogP contribution in [0.4, 0.5) is 5.82 Å². The highest BCUT2D eigenvalue weighted by Gasteiger charge is 2.27. The summed E-state index contributed by atoms with van der Waals surface area (Å²) in [6, 6.07) is 14.7. The third-order valence-corrected chi connectivity index (χ3v) is 7.00. The second-order valence-electron chi connectivity index (χ2n) is 7.79. The number of sulfone groups is 1. The van der Waals surface area contributed by atoms with E-state index in [4.69, 9.17) is 0 Å². The van der Waals surface area contributed by atoms with Crippen molar-refractivity contribution in [3.63, 3.8) is 0 Å². The van der Waals surface area contributed by atoms with E-state index >= 15 is 0 Å². The fourth-order valence-corrected chi connectivity index (χ4v) is 4.54. The van der Waals surface area contributed by atoms with E-state index in [1.807, 2.05) is 36.4 Å². The summed E-state index contributed by atoms with van der Waals surface area (Å²) < 4.78 is 28.2. The molecule has 1 atom stereocenters. The molecule has 0 aliphatic rings. The van der Waals surface area contributed by atoms with E-state index in [1.54, 1.807) is 12.1 Å². The Kier molecular flexibility index (Phi) is 5.19. The van der Waals surface area contributed by atoms with Gasteiger partial charge in [-0.15, -0.1) is 5.10 Å². The predicted molar refractivity (Wildman–Crippen MR) is 118 cm³/mol. The summed E-state index contributed by atoms with van der Waals surface area (Å²) in [5.41, 5.74) is 2.04. The zero-order chi connectivity index (χ0) is 21.5. The standard InChI is InChI=1S/C22H25N5O2S/c1-5-15(4)23-20-18-8-6-7-9-19(18)27-21(24-20)22(25-26-27)30(28,29)17-12-10-16(11-13-17)14(2)3/h6-15H,5H2,1-4H3,(H,23,24)/t15-/m1/s1. The first-order chi connectivity index (χ1) is 14.3. The Balaban J connectivity index is 1.91. The van der Waals surface area contributed by atoms with Crippen molar-refractivity contribution >= 4 is 32.2 Å². The molecule has 0 spiro atoms. The molecule has 4 rings (SSSR count). The second kappa shape index (κ2) is 7.68. The number of fused-ring (bicyclic) bond motifs is 3. The zero-order valence-electron chi connectivity index (χ0n) is 17.5. The third-order valence-electron chi connectivity index (χ3n) is 5.33. The maximum absolute atomic E-state index is 13.3. The maximum Gasteiger partial charge on any atom is 0.229 e. The summed E-state index contributed by atoms with van der Waals surface area (Å²) in [6.45, 7) is 8.27. The van der Waals surface area contributed by atoms with E-state index in [0.717, 1.165) is 22.9 Å². The number of nitrogens with zero attached hydrogens (tertiary/aromatic N) is 4. The van der Waals surface area contributed by atoms with Crippen LogP contribution in [0.2, 0.25) is 0 Å². The fraction of sp³-hybridized carbons (Fsp3) is 0.318. The maximum atomic E-state index is 13.3. The molecule has 0 aliphatic carbocycles. The van der Waals surface area contributed by atoms with Crippen molar-refractivity contribution in [1.82, 2.24) is 19.8 Å². The number of hydrogen-bond donors (Lipinski definition) is 1. The van der Waals surface area contributed by atoms with Crippen LogP contribution in [-0.4, -0.2) is 34.3 Å². The Morgan fingerprint density at radius 3 is 2.40 bits per heavy atom. The van der Waals surface area contributed by atoms with Gasteiger partial charge in [0.05, 0.1) is 10.4 Å². The minimum atomic E-state index is -3.87. The minimum absolute atomic E-state index is 0.141. The van der Waals surface area contributed by atoms with E-state index < -0.39 is 9.84 Å². The van der Waals surface area contributed by atoms with E-state index in [9.17, 15) is 8.42 Å². The second-order valence-corrected chi connectivity index (χ2v) is 9.65. The highest BCUT2D eigenvalue weighted by molar-refractivity contribution is 7.91. The highest BCUT2D eigenvalue weighted by Crippen LogP contribution is 2.29. The van der Waals surface area contributed by atoms with Crippen LogP contribution in [0.15, 0.2) is 58.5 Å². The molecule has 2 aromatic carbocycles. The smallest absolute Gasteiger partial charge is 0.229 e. The summed E-state index contributed by atoms with van der Waals surface area (Å²) in [5, 5.41) is 12.2. The molecule has 0 saturated heterocycles. The molecule has 2 aromatic heterocycles. The average Bonchev–Trinajstić information content (AvgIpc) is 3.18.